The molecule has 1 aliphatic heterocycles. The van der Waals surface area contributed by atoms with Crippen LogP contribution in [0.15, 0.2) is 42.5 Å². The number of carbonyl (C=O) groups is 3. The number of carbonyl (C=O) groups excluding carboxylic acids is 3. The molecule has 1 N–H and O–H groups in total. The zero-order valence-corrected chi connectivity index (χ0v) is 18.7. The standard InChI is InChI=1S/C23H22N4O4S/c1-13-4-7-18(10-14(13)2)27-12-17(11-20(27)29)22-25-26-23(32-22)24-21(30)16-5-8-19(9-6-16)31-15(3)28/h4-10,17H,11-12H2,1-3H3,(H,24,26,30)/t17-/m1/s1. The van der Waals surface area contributed by atoms with Gasteiger partial charge < -0.3 is 9.64 Å². The van der Waals surface area contributed by atoms with E-state index in [1.807, 2.05) is 32.0 Å². The smallest absolute Gasteiger partial charge is 0.308 e. The third-order valence-electron chi connectivity index (χ3n) is 5.32. The number of aryl methyl sites for hydroxylation is 2. The van der Waals surface area contributed by atoms with Crippen LogP contribution in [0, 0.1) is 13.8 Å². The van der Waals surface area contributed by atoms with Crippen molar-refractivity contribution in [3.05, 3.63) is 64.2 Å². The number of ether oxygens (including phenoxy) is 1. The molecule has 1 saturated heterocycles. The molecule has 0 spiro atoms. The van der Waals surface area contributed by atoms with Crippen LogP contribution in [0.3, 0.4) is 0 Å². The molecule has 4 rings (SSSR count). The van der Waals surface area contributed by atoms with Crippen LogP contribution in [0.1, 0.15) is 45.8 Å². The van der Waals surface area contributed by atoms with Gasteiger partial charge in [0.2, 0.25) is 11.0 Å². The molecule has 9 heteroatoms. The highest BCUT2D eigenvalue weighted by Gasteiger charge is 2.34. The van der Waals surface area contributed by atoms with E-state index in [1.165, 1.54) is 23.8 Å². The zero-order valence-electron chi connectivity index (χ0n) is 17.9. The molecule has 2 heterocycles. The highest BCUT2D eigenvalue weighted by molar-refractivity contribution is 7.15. The Kier molecular flexibility index (Phi) is 6.00. The van der Waals surface area contributed by atoms with E-state index < -0.39 is 5.97 Å². The molecule has 0 radical (unpaired) electrons. The molecular weight excluding hydrogens is 428 g/mol. The predicted molar refractivity (Wildman–Crippen MR) is 121 cm³/mol. The zero-order chi connectivity index (χ0) is 22.8. The van der Waals surface area contributed by atoms with E-state index in [1.54, 1.807) is 29.2 Å². The molecule has 3 aromatic rings. The number of esters is 1. The summed E-state index contributed by atoms with van der Waals surface area (Å²) in [4.78, 5) is 37.9. The highest BCUT2D eigenvalue weighted by Crippen LogP contribution is 2.34. The van der Waals surface area contributed by atoms with Crippen LogP contribution in [0.5, 0.6) is 5.75 Å². The number of hydrogen-bond donors (Lipinski definition) is 1. The maximum Gasteiger partial charge on any atom is 0.308 e. The first-order valence-corrected chi connectivity index (χ1v) is 10.9. The van der Waals surface area contributed by atoms with Crippen molar-refractivity contribution >= 4 is 39.9 Å². The van der Waals surface area contributed by atoms with E-state index in [4.69, 9.17) is 4.74 Å². The second-order valence-electron chi connectivity index (χ2n) is 7.69. The fraction of sp³-hybridized carbons (Fsp3) is 0.261. The molecule has 0 saturated carbocycles. The molecule has 0 aliphatic carbocycles. The first kappa shape index (κ1) is 21.6. The summed E-state index contributed by atoms with van der Waals surface area (Å²) in [5.41, 5.74) is 3.61. The summed E-state index contributed by atoms with van der Waals surface area (Å²) in [5, 5.41) is 12.1. The van der Waals surface area contributed by atoms with Gasteiger partial charge in [-0.1, -0.05) is 17.4 Å². The molecule has 1 fully saturated rings. The van der Waals surface area contributed by atoms with Crippen LogP contribution in [0.2, 0.25) is 0 Å². The van der Waals surface area contributed by atoms with Crippen LogP contribution in [0.4, 0.5) is 10.8 Å². The molecule has 2 amide bonds. The Bertz CT molecular complexity index is 1190. The third kappa shape index (κ3) is 4.67. The summed E-state index contributed by atoms with van der Waals surface area (Å²) in [5.74, 6) is -0.431. The summed E-state index contributed by atoms with van der Waals surface area (Å²) in [7, 11) is 0. The Balaban J connectivity index is 1.41. The van der Waals surface area contributed by atoms with E-state index in [0.29, 0.717) is 34.4 Å². The van der Waals surface area contributed by atoms with E-state index >= 15 is 0 Å². The highest BCUT2D eigenvalue weighted by atomic mass is 32.1. The van der Waals surface area contributed by atoms with Gasteiger partial charge in [-0.3, -0.25) is 19.7 Å². The van der Waals surface area contributed by atoms with E-state index in [9.17, 15) is 14.4 Å². The summed E-state index contributed by atoms with van der Waals surface area (Å²) in [6.07, 6.45) is 0.354. The van der Waals surface area contributed by atoms with Crippen molar-refractivity contribution in [2.45, 2.75) is 33.1 Å². The van der Waals surface area contributed by atoms with Crippen molar-refractivity contribution in [1.29, 1.82) is 0 Å². The number of anilines is 2. The molecule has 0 unspecified atom stereocenters. The van der Waals surface area contributed by atoms with Crippen molar-refractivity contribution in [3.63, 3.8) is 0 Å². The summed E-state index contributed by atoms with van der Waals surface area (Å²) in [6.45, 7) is 5.91. The van der Waals surface area contributed by atoms with E-state index in [2.05, 4.69) is 15.5 Å². The topological polar surface area (TPSA) is 101 Å². The lowest BCUT2D eigenvalue weighted by molar-refractivity contribution is -0.131. The molecule has 0 bridgehead atoms. The van der Waals surface area contributed by atoms with Crippen LogP contribution in [-0.2, 0) is 9.59 Å². The van der Waals surface area contributed by atoms with Crippen LogP contribution >= 0.6 is 11.3 Å². The van der Waals surface area contributed by atoms with Gasteiger partial charge in [-0.2, -0.15) is 0 Å². The lowest BCUT2D eigenvalue weighted by Gasteiger charge is -2.17. The summed E-state index contributed by atoms with van der Waals surface area (Å²) < 4.78 is 4.97. The maximum absolute atomic E-state index is 12.6. The molecule has 1 aromatic heterocycles. The number of amides is 2. The van der Waals surface area contributed by atoms with Gasteiger partial charge in [-0.25, -0.2) is 0 Å². The minimum atomic E-state index is -0.426. The fourth-order valence-electron chi connectivity index (χ4n) is 3.48. The molecule has 164 valence electrons. The van der Waals surface area contributed by atoms with E-state index in [0.717, 1.165) is 11.3 Å². The minimum Gasteiger partial charge on any atom is -0.427 e. The van der Waals surface area contributed by atoms with Crippen molar-refractivity contribution in [1.82, 2.24) is 10.2 Å². The summed E-state index contributed by atoms with van der Waals surface area (Å²) >= 11 is 1.27. The molecule has 8 nitrogen and oxygen atoms in total. The third-order valence-corrected chi connectivity index (χ3v) is 6.32. The Morgan fingerprint density at radius 1 is 1.09 bits per heavy atom. The number of nitrogens with zero attached hydrogens (tertiary/aromatic N) is 3. The normalized spacial score (nSPS) is 15.7. The quantitative estimate of drug-likeness (QED) is 0.468. The van der Waals surface area contributed by atoms with Gasteiger partial charge in [-0.15, -0.1) is 10.2 Å². The average molecular weight is 451 g/mol. The van der Waals surface area contributed by atoms with Crippen LogP contribution in [0.25, 0.3) is 0 Å². The van der Waals surface area contributed by atoms with Crippen molar-refractivity contribution in [2.24, 2.45) is 0 Å². The number of aromatic nitrogens is 2. The van der Waals surface area contributed by atoms with Gasteiger partial charge in [0.1, 0.15) is 10.8 Å². The molecule has 32 heavy (non-hydrogen) atoms. The molecular formula is C23H22N4O4S. The largest absolute Gasteiger partial charge is 0.427 e. The molecule has 2 aromatic carbocycles. The summed E-state index contributed by atoms with van der Waals surface area (Å²) in [6, 6.07) is 12.2. The number of benzene rings is 2. The van der Waals surface area contributed by atoms with Gasteiger partial charge >= 0.3 is 5.97 Å². The van der Waals surface area contributed by atoms with Gasteiger partial charge in [0, 0.05) is 37.1 Å². The number of hydrogen-bond acceptors (Lipinski definition) is 7. The van der Waals surface area contributed by atoms with Gasteiger partial charge in [0.15, 0.2) is 0 Å². The van der Waals surface area contributed by atoms with Crippen molar-refractivity contribution in [3.8, 4) is 5.75 Å². The Labute approximate surface area is 189 Å². The average Bonchev–Trinajstić information content (AvgIpc) is 3.36. The van der Waals surface area contributed by atoms with Crippen LogP contribution in [-0.4, -0.2) is 34.5 Å². The SMILES string of the molecule is CC(=O)Oc1ccc(C(=O)Nc2nnc([C@@H]3CC(=O)N(c4ccc(C)c(C)c4)C3)s2)cc1. The van der Waals surface area contributed by atoms with Crippen molar-refractivity contribution in [2.75, 3.05) is 16.8 Å². The Morgan fingerprint density at radius 3 is 2.53 bits per heavy atom. The molecule has 1 atom stereocenters. The lowest BCUT2D eigenvalue weighted by Crippen LogP contribution is -2.24. The van der Waals surface area contributed by atoms with Crippen molar-refractivity contribution < 1.29 is 19.1 Å². The number of nitrogens with one attached hydrogen (secondary N) is 1. The van der Waals surface area contributed by atoms with Gasteiger partial charge in [0.25, 0.3) is 5.91 Å². The van der Waals surface area contributed by atoms with Crippen LogP contribution < -0.4 is 15.0 Å². The Hall–Kier alpha value is -3.59. The lowest BCUT2D eigenvalue weighted by atomic mass is 10.1. The maximum atomic E-state index is 12.6. The first-order valence-electron chi connectivity index (χ1n) is 10.1. The van der Waals surface area contributed by atoms with Gasteiger partial charge in [0.05, 0.1) is 0 Å². The van der Waals surface area contributed by atoms with E-state index in [-0.39, 0.29) is 17.7 Å². The second kappa shape index (κ2) is 8.88. The fourth-order valence-corrected chi connectivity index (χ4v) is 4.31. The van der Waals surface area contributed by atoms with Gasteiger partial charge in [-0.05, 0) is 61.4 Å². The predicted octanol–water partition coefficient (Wildman–Crippen LogP) is 3.85. The first-order chi connectivity index (χ1) is 15.3. The molecule has 1 aliphatic rings. The minimum absolute atomic E-state index is 0.0481. The monoisotopic (exact) mass is 450 g/mol. The second-order valence-corrected chi connectivity index (χ2v) is 8.70. The number of rotatable bonds is 5. The Morgan fingerprint density at radius 2 is 1.84 bits per heavy atom.